The molecular weight excluding hydrogens is 589 g/mol. The highest BCUT2D eigenvalue weighted by Crippen LogP contribution is 2.48. The van der Waals surface area contributed by atoms with Gasteiger partial charge >= 0.3 is 6.18 Å². The average molecular weight is 614 g/mol. The maximum absolute atomic E-state index is 14.6. The first-order valence-electron chi connectivity index (χ1n) is 13.5. The lowest BCUT2D eigenvalue weighted by atomic mass is 9.81. The summed E-state index contributed by atoms with van der Waals surface area (Å²) in [4.78, 5) is 29.4. The molecule has 1 aliphatic heterocycles. The number of ether oxygens (including phenoxy) is 1. The number of carbonyl (C=O) groups excluding carboxylic acids is 2. The summed E-state index contributed by atoms with van der Waals surface area (Å²) in [7, 11) is 0. The minimum absolute atomic E-state index is 0.00394. The second-order valence-corrected chi connectivity index (χ2v) is 11.0. The van der Waals surface area contributed by atoms with Crippen LogP contribution in [0.25, 0.3) is 22.2 Å². The Hall–Kier alpha value is -4.72. The van der Waals surface area contributed by atoms with E-state index >= 15 is 0 Å². The summed E-state index contributed by atoms with van der Waals surface area (Å²) in [5.74, 6) is -2.76. The van der Waals surface area contributed by atoms with Crippen molar-refractivity contribution in [3.05, 3.63) is 82.9 Å². The van der Waals surface area contributed by atoms with E-state index < -0.39 is 60.3 Å². The Morgan fingerprint density at radius 2 is 1.80 bits per heavy atom. The van der Waals surface area contributed by atoms with E-state index in [1.807, 2.05) is 0 Å². The molecule has 1 aliphatic carbocycles. The lowest BCUT2D eigenvalue weighted by Crippen LogP contribution is -2.52. The molecule has 2 aromatic heterocycles. The van der Waals surface area contributed by atoms with Gasteiger partial charge in [0.1, 0.15) is 36.0 Å². The van der Waals surface area contributed by atoms with Gasteiger partial charge in [-0.3, -0.25) is 9.59 Å². The standard InChI is InChI=1S/C30H24F5N5O4/c31-12-28(27(36)42)14-44-25-20(28)11-23(38-24(25)16-3-6-19(32)7-4-16)29(43,30(33,34)35)13-37-26(41)17-5-8-21-18(9-17)10-22(40-39-21)15-1-2-15/h3-11,15,43H,1-2,12-14H2,(H2,36,42)(H,37,41)/t28-,29-/m0/s1. The number of aliphatic hydroxyl groups is 1. The highest BCUT2D eigenvalue weighted by atomic mass is 19.4. The molecule has 2 aliphatic rings. The number of aromatic nitrogens is 3. The number of fused-ring (bicyclic) bond motifs is 2. The summed E-state index contributed by atoms with van der Waals surface area (Å²) >= 11 is 0. The van der Waals surface area contributed by atoms with Gasteiger partial charge in [-0.15, -0.1) is 0 Å². The fourth-order valence-corrected chi connectivity index (χ4v) is 5.13. The molecule has 0 bridgehead atoms. The zero-order valence-electron chi connectivity index (χ0n) is 22.8. The van der Waals surface area contributed by atoms with Gasteiger partial charge in [0.05, 0.1) is 23.4 Å². The second-order valence-electron chi connectivity index (χ2n) is 11.0. The molecule has 0 spiro atoms. The van der Waals surface area contributed by atoms with Gasteiger partial charge in [-0.25, -0.2) is 13.8 Å². The molecular formula is C30H24F5N5O4. The number of carbonyl (C=O) groups is 2. The Bertz CT molecular complexity index is 1800. The number of nitrogens with one attached hydrogen (secondary N) is 1. The van der Waals surface area contributed by atoms with Crippen LogP contribution in [0.15, 0.2) is 54.6 Å². The zero-order valence-corrected chi connectivity index (χ0v) is 22.8. The third-order valence-electron chi connectivity index (χ3n) is 8.03. The molecule has 1 fully saturated rings. The first-order valence-corrected chi connectivity index (χ1v) is 13.5. The van der Waals surface area contributed by atoms with E-state index in [1.54, 1.807) is 6.07 Å². The van der Waals surface area contributed by atoms with Gasteiger partial charge in [0.15, 0.2) is 0 Å². The van der Waals surface area contributed by atoms with Crippen molar-refractivity contribution >= 4 is 22.7 Å². The van der Waals surface area contributed by atoms with Crippen LogP contribution in [0, 0.1) is 5.82 Å². The first kappa shape index (κ1) is 29.4. The van der Waals surface area contributed by atoms with Crippen molar-refractivity contribution in [1.29, 1.82) is 0 Å². The molecule has 228 valence electrons. The van der Waals surface area contributed by atoms with Gasteiger partial charge in [0.25, 0.3) is 5.91 Å². The van der Waals surface area contributed by atoms with Crippen LogP contribution < -0.4 is 15.8 Å². The number of amides is 2. The molecule has 44 heavy (non-hydrogen) atoms. The van der Waals surface area contributed by atoms with E-state index in [-0.39, 0.29) is 34.1 Å². The number of hydrogen-bond donors (Lipinski definition) is 3. The van der Waals surface area contributed by atoms with E-state index in [0.717, 1.165) is 30.7 Å². The Morgan fingerprint density at radius 1 is 1.07 bits per heavy atom. The number of nitrogens with zero attached hydrogens (tertiary/aromatic N) is 3. The monoisotopic (exact) mass is 613 g/mol. The summed E-state index contributed by atoms with van der Waals surface area (Å²) in [6.07, 6.45) is -3.49. The Morgan fingerprint density at radius 3 is 2.43 bits per heavy atom. The first-order chi connectivity index (χ1) is 20.9. The van der Waals surface area contributed by atoms with Gasteiger partial charge in [-0.1, -0.05) is 0 Å². The van der Waals surface area contributed by atoms with Crippen molar-refractivity contribution in [3.8, 4) is 17.0 Å². The third kappa shape index (κ3) is 4.88. The lowest BCUT2D eigenvalue weighted by Gasteiger charge is -2.31. The summed E-state index contributed by atoms with van der Waals surface area (Å²) in [6, 6.07) is 11.2. The van der Waals surface area contributed by atoms with Gasteiger partial charge < -0.3 is 20.9 Å². The third-order valence-corrected chi connectivity index (χ3v) is 8.03. The van der Waals surface area contributed by atoms with Crippen LogP contribution in [0.2, 0.25) is 0 Å². The molecule has 14 heteroatoms. The van der Waals surface area contributed by atoms with E-state index in [1.165, 1.54) is 30.3 Å². The quantitative estimate of drug-likeness (QED) is 0.256. The van der Waals surface area contributed by atoms with Crippen molar-refractivity contribution in [2.75, 3.05) is 19.8 Å². The summed E-state index contributed by atoms with van der Waals surface area (Å²) in [5, 5.41) is 22.2. The smallest absolute Gasteiger partial charge is 0.424 e. The van der Waals surface area contributed by atoms with Gasteiger partial charge in [0.2, 0.25) is 11.5 Å². The molecule has 0 radical (unpaired) electrons. The highest BCUT2D eigenvalue weighted by molar-refractivity contribution is 5.98. The molecule has 3 heterocycles. The van der Waals surface area contributed by atoms with Crippen LogP contribution in [0.4, 0.5) is 22.0 Å². The van der Waals surface area contributed by atoms with Crippen LogP contribution in [0.1, 0.15) is 46.1 Å². The van der Waals surface area contributed by atoms with Crippen molar-refractivity contribution in [2.24, 2.45) is 5.73 Å². The number of rotatable bonds is 8. The van der Waals surface area contributed by atoms with Crippen molar-refractivity contribution in [1.82, 2.24) is 20.5 Å². The highest BCUT2D eigenvalue weighted by Gasteiger charge is 2.58. The SMILES string of the molecule is NC(=O)[C@@]1(CF)COc2c1cc([C@@](O)(CNC(=O)c1ccc3nnc(C4CC4)cc3c1)C(F)(F)F)nc2-c1ccc(F)cc1. The van der Waals surface area contributed by atoms with Crippen LogP contribution in [0.5, 0.6) is 5.75 Å². The van der Waals surface area contributed by atoms with E-state index in [4.69, 9.17) is 10.5 Å². The topological polar surface area (TPSA) is 140 Å². The summed E-state index contributed by atoms with van der Waals surface area (Å²) in [6.45, 7) is -3.45. The maximum atomic E-state index is 14.6. The molecule has 4 aromatic rings. The van der Waals surface area contributed by atoms with Crippen molar-refractivity contribution in [2.45, 2.75) is 36.0 Å². The number of halogens is 5. The van der Waals surface area contributed by atoms with Gasteiger partial charge in [-0.05, 0) is 67.4 Å². The molecule has 2 aromatic carbocycles. The second kappa shape index (κ2) is 10.5. The molecule has 1 saturated carbocycles. The lowest BCUT2D eigenvalue weighted by molar-refractivity contribution is -0.265. The van der Waals surface area contributed by atoms with E-state index in [0.29, 0.717) is 17.0 Å². The molecule has 2 amide bonds. The Balaban J connectivity index is 1.40. The molecule has 2 atom stereocenters. The number of nitrogens with two attached hydrogens (primary N) is 1. The van der Waals surface area contributed by atoms with Crippen molar-refractivity contribution in [3.63, 3.8) is 0 Å². The molecule has 4 N–H and O–H groups in total. The van der Waals surface area contributed by atoms with Crippen LogP contribution >= 0.6 is 0 Å². The van der Waals surface area contributed by atoms with Gasteiger partial charge in [0, 0.05) is 28.0 Å². The largest absolute Gasteiger partial charge is 0.489 e. The molecule has 6 rings (SSSR count). The fourth-order valence-electron chi connectivity index (χ4n) is 5.13. The summed E-state index contributed by atoms with van der Waals surface area (Å²) < 4.78 is 77.5. The van der Waals surface area contributed by atoms with Crippen LogP contribution in [-0.4, -0.2) is 58.1 Å². The number of benzene rings is 2. The van der Waals surface area contributed by atoms with E-state index in [2.05, 4.69) is 20.5 Å². The number of alkyl halides is 4. The van der Waals surface area contributed by atoms with E-state index in [9.17, 15) is 36.6 Å². The normalized spacial score (nSPS) is 19.2. The zero-order chi connectivity index (χ0) is 31.4. The average Bonchev–Trinajstić information content (AvgIpc) is 3.78. The number of pyridine rings is 1. The number of hydrogen-bond acceptors (Lipinski definition) is 7. The maximum Gasteiger partial charge on any atom is 0.424 e. The predicted octanol–water partition coefficient (Wildman–Crippen LogP) is 3.97. The minimum Gasteiger partial charge on any atom is -0.489 e. The minimum atomic E-state index is -5.43. The van der Waals surface area contributed by atoms with Gasteiger partial charge in [-0.2, -0.15) is 23.4 Å². The van der Waals surface area contributed by atoms with Crippen LogP contribution in [-0.2, 0) is 15.8 Å². The summed E-state index contributed by atoms with van der Waals surface area (Å²) in [5.41, 5.74) is -0.973. The number of primary amides is 1. The van der Waals surface area contributed by atoms with Crippen LogP contribution in [0.3, 0.4) is 0 Å². The molecule has 9 nitrogen and oxygen atoms in total. The van der Waals surface area contributed by atoms with Crippen molar-refractivity contribution < 1.29 is 41.4 Å². The predicted molar refractivity (Wildman–Crippen MR) is 146 cm³/mol. The Labute approximate surface area is 246 Å². The fraction of sp³-hybridized carbons (Fsp3) is 0.300. The molecule has 0 saturated heterocycles. The Kier molecular flexibility index (Phi) is 6.99. The molecule has 0 unspecified atom stereocenters.